The highest BCUT2D eigenvalue weighted by atomic mass is 32.2. The molecule has 4 atom stereocenters. The normalized spacial score (nSPS) is 27.8. The fourth-order valence-electron chi connectivity index (χ4n) is 6.73. The first kappa shape index (κ1) is 23.1. The van der Waals surface area contributed by atoms with Crippen LogP contribution in [-0.2, 0) is 27.6 Å². The number of ether oxygens (including phenoxy) is 1. The lowest BCUT2D eigenvalue weighted by Gasteiger charge is -2.41. The van der Waals surface area contributed by atoms with Gasteiger partial charge in [0, 0.05) is 22.6 Å². The summed E-state index contributed by atoms with van der Waals surface area (Å²) in [6.07, 6.45) is 4.77. The van der Waals surface area contributed by atoms with E-state index in [2.05, 4.69) is 83.8 Å². The molecule has 2 fully saturated rings. The van der Waals surface area contributed by atoms with E-state index < -0.39 is 10.8 Å². The highest BCUT2D eigenvalue weighted by molar-refractivity contribution is 7.85. The van der Waals surface area contributed by atoms with Crippen LogP contribution in [0.1, 0.15) is 48.3 Å². The number of rotatable bonds is 6. The van der Waals surface area contributed by atoms with Crippen LogP contribution in [0.25, 0.3) is 0 Å². The molecule has 2 heterocycles. The van der Waals surface area contributed by atoms with Crippen LogP contribution < -0.4 is 0 Å². The molecule has 6 rings (SSSR count). The van der Waals surface area contributed by atoms with Gasteiger partial charge in [-0.15, -0.1) is 0 Å². The van der Waals surface area contributed by atoms with E-state index in [1.807, 2.05) is 6.07 Å². The highest BCUT2D eigenvalue weighted by Crippen LogP contribution is 2.46. The van der Waals surface area contributed by atoms with Gasteiger partial charge < -0.3 is 9.64 Å². The van der Waals surface area contributed by atoms with E-state index >= 15 is 0 Å². The number of likely N-dealkylation sites (tertiary alicyclic amines) is 1. The summed E-state index contributed by atoms with van der Waals surface area (Å²) >= 11 is 0. The van der Waals surface area contributed by atoms with Crippen LogP contribution in [0, 0.1) is 5.92 Å². The summed E-state index contributed by atoms with van der Waals surface area (Å²) in [6.45, 7) is 4.02. The molecule has 0 amide bonds. The Hall–Kier alpha value is -2.27. The molecular formula is C31H35NO2S. The Morgan fingerprint density at radius 1 is 0.857 bits per heavy atom. The van der Waals surface area contributed by atoms with E-state index in [0.29, 0.717) is 24.5 Å². The fourth-order valence-corrected chi connectivity index (χ4v) is 8.59. The Labute approximate surface area is 212 Å². The maximum absolute atomic E-state index is 12.8. The van der Waals surface area contributed by atoms with Gasteiger partial charge in [0.15, 0.2) is 0 Å². The predicted octanol–water partition coefficient (Wildman–Crippen LogP) is 5.92. The van der Waals surface area contributed by atoms with Crippen molar-refractivity contribution in [2.24, 2.45) is 5.92 Å². The van der Waals surface area contributed by atoms with Crippen LogP contribution in [-0.4, -0.2) is 40.6 Å². The molecule has 2 aliphatic heterocycles. The van der Waals surface area contributed by atoms with Gasteiger partial charge in [-0.1, -0.05) is 78.9 Å². The Morgan fingerprint density at radius 3 is 2.31 bits per heavy atom. The van der Waals surface area contributed by atoms with Gasteiger partial charge in [-0.25, -0.2) is 0 Å². The molecule has 1 aliphatic carbocycles. The standard InChI is InChI=1S/C31H35NO2S/c33-35-23-31(29-13-7-8-14-30(29)35)15-17-32(18-16-31)21-26-19-27(34-22-24-9-3-1-4-10-24)20-28(26)25-11-5-2-6-12-25/h1-14,26-28H,15-23H2. The molecule has 4 heteroatoms. The second-order valence-electron chi connectivity index (χ2n) is 10.7. The Bertz CT molecular complexity index is 1160. The van der Waals surface area contributed by atoms with Gasteiger partial charge in [0.25, 0.3) is 0 Å². The highest BCUT2D eigenvalue weighted by Gasteiger charge is 2.45. The number of piperidine rings is 1. The Morgan fingerprint density at radius 2 is 1.54 bits per heavy atom. The van der Waals surface area contributed by atoms with Crippen molar-refractivity contribution in [2.45, 2.75) is 54.6 Å². The first-order chi connectivity index (χ1) is 17.2. The van der Waals surface area contributed by atoms with Gasteiger partial charge in [0.05, 0.1) is 23.5 Å². The molecule has 3 aromatic rings. The average molecular weight is 486 g/mol. The fraction of sp³-hybridized carbons (Fsp3) is 0.419. The summed E-state index contributed by atoms with van der Waals surface area (Å²) in [5, 5.41) is 0. The van der Waals surface area contributed by atoms with Crippen LogP contribution >= 0.6 is 0 Å². The van der Waals surface area contributed by atoms with E-state index in [1.165, 1.54) is 16.7 Å². The summed E-state index contributed by atoms with van der Waals surface area (Å²) in [5.41, 5.74) is 4.18. The lowest BCUT2D eigenvalue weighted by Crippen LogP contribution is -2.45. The first-order valence-electron chi connectivity index (χ1n) is 13.1. The number of nitrogens with zero attached hydrogens (tertiary/aromatic N) is 1. The summed E-state index contributed by atoms with van der Waals surface area (Å²) in [5.74, 6) is 1.97. The second-order valence-corrected chi connectivity index (χ2v) is 12.2. The van der Waals surface area contributed by atoms with Crippen molar-refractivity contribution in [1.29, 1.82) is 0 Å². The molecule has 0 radical (unpaired) electrons. The third-order valence-electron chi connectivity index (χ3n) is 8.62. The van der Waals surface area contributed by atoms with E-state index in [1.54, 1.807) is 0 Å². The van der Waals surface area contributed by atoms with Gasteiger partial charge in [-0.2, -0.15) is 0 Å². The topological polar surface area (TPSA) is 29.5 Å². The molecule has 0 bridgehead atoms. The molecule has 3 aromatic carbocycles. The number of hydrogen-bond acceptors (Lipinski definition) is 3. The van der Waals surface area contributed by atoms with Crippen LogP contribution in [0.3, 0.4) is 0 Å². The zero-order chi connectivity index (χ0) is 23.7. The third-order valence-corrected chi connectivity index (χ3v) is 10.3. The maximum Gasteiger partial charge on any atom is 0.0720 e. The minimum Gasteiger partial charge on any atom is -0.374 e. The smallest absolute Gasteiger partial charge is 0.0720 e. The van der Waals surface area contributed by atoms with Crippen molar-refractivity contribution in [3.63, 3.8) is 0 Å². The van der Waals surface area contributed by atoms with E-state index in [-0.39, 0.29) is 5.41 Å². The minimum atomic E-state index is -0.839. The number of fused-ring (bicyclic) bond motifs is 2. The minimum absolute atomic E-state index is 0.119. The molecule has 1 spiro atoms. The van der Waals surface area contributed by atoms with Crippen LogP contribution in [0.5, 0.6) is 0 Å². The van der Waals surface area contributed by atoms with Crippen molar-refractivity contribution < 1.29 is 8.95 Å². The zero-order valence-corrected chi connectivity index (χ0v) is 21.2. The van der Waals surface area contributed by atoms with E-state index in [9.17, 15) is 4.21 Å². The SMILES string of the molecule is O=S1CC2(CCN(CC3CC(OCc4ccccc4)CC3c3ccccc3)CC2)c2ccccc21. The van der Waals surface area contributed by atoms with Gasteiger partial charge in [0.1, 0.15) is 0 Å². The van der Waals surface area contributed by atoms with Crippen molar-refractivity contribution >= 4 is 10.8 Å². The van der Waals surface area contributed by atoms with Gasteiger partial charge in [-0.3, -0.25) is 4.21 Å². The molecule has 4 unspecified atom stereocenters. The monoisotopic (exact) mass is 485 g/mol. The molecule has 1 saturated heterocycles. The largest absolute Gasteiger partial charge is 0.374 e. The average Bonchev–Trinajstić information content (AvgIpc) is 3.44. The predicted molar refractivity (Wildman–Crippen MR) is 142 cm³/mol. The second kappa shape index (κ2) is 10.0. The van der Waals surface area contributed by atoms with Crippen molar-refractivity contribution in [3.05, 3.63) is 102 Å². The summed E-state index contributed by atoms with van der Waals surface area (Å²) < 4.78 is 19.2. The number of hydrogen-bond donors (Lipinski definition) is 0. The Kier molecular flexibility index (Phi) is 6.62. The summed E-state index contributed by atoms with van der Waals surface area (Å²) in [6, 6.07) is 30.1. The molecule has 3 aliphatic rings. The maximum atomic E-state index is 12.8. The zero-order valence-electron chi connectivity index (χ0n) is 20.4. The van der Waals surface area contributed by atoms with Crippen LogP contribution in [0.2, 0.25) is 0 Å². The lowest BCUT2D eigenvalue weighted by molar-refractivity contribution is 0.0405. The van der Waals surface area contributed by atoms with E-state index in [4.69, 9.17) is 4.74 Å². The van der Waals surface area contributed by atoms with Crippen LogP contribution in [0.4, 0.5) is 0 Å². The molecule has 0 N–H and O–H groups in total. The molecule has 1 saturated carbocycles. The summed E-state index contributed by atoms with van der Waals surface area (Å²) in [4.78, 5) is 3.76. The molecular weight excluding hydrogens is 450 g/mol. The van der Waals surface area contributed by atoms with E-state index in [0.717, 1.165) is 56.0 Å². The first-order valence-corrected chi connectivity index (χ1v) is 14.4. The van der Waals surface area contributed by atoms with Crippen molar-refractivity contribution in [3.8, 4) is 0 Å². The lowest BCUT2D eigenvalue weighted by atomic mass is 9.74. The van der Waals surface area contributed by atoms with Gasteiger partial charge in [0.2, 0.25) is 0 Å². The Balaban J connectivity index is 1.12. The quantitative estimate of drug-likeness (QED) is 0.434. The van der Waals surface area contributed by atoms with Gasteiger partial charge >= 0.3 is 0 Å². The van der Waals surface area contributed by atoms with Crippen LogP contribution in [0.15, 0.2) is 89.8 Å². The molecule has 3 nitrogen and oxygen atoms in total. The molecule has 182 valence electrons. The third kappa shape index (κ3) is 4.76. The molecule has 0 aromatic heterocycles. The molecule has 35 heavy (non-hydrogen) atoms. The van der Waals surface area contributed by atoms with Gasteiger partial charge in [-0.05, 0) is 73.4 Å². The van der Waals surface area contributed by atoms with Crippen molar-refractivity contribution in [1.82, 2.24) is 4.90 Å². The summed E-state index contributed by atoms with van der Waals surface area (Å²) in [7, 11) is -0.839. The number of benzene rings is 3. The van der Waals surface area contributed by atoms with Crippen molar-refractivity contribution in [2.75, 3.05) is 25.4 Å².